The van der Waals surface area contributed by atoms with Crippen molar-refractivity contribution in [2.24, 2.45) is 0 Å². The van der Waals surface area contributed by atoms with Gasteiger partial charge in [-0.3, -0.25) is 0 Å². The van der Waals surface area contributed by atoms with Crippen LogP contribution in [0.1, 0.15) is 18.0 Å². The number of rotatable bonds is 6. The van der Waals surface area contributed by atoms with E-state index in [9.17, 15) is 0 Å². The Morgan fingerprint density at radius 3 is 2.35 bits per heavy atom. The Morgan fingerprint density at radius 1 is 1.05 bits per heavy atom. The summed E-state index contributed by atoms with van der Waals surface area (Å²) in [6, 6.07) is 19.3. The lowest BCUT2D eigenvalue weighted by Crippen LogP contribution is -2.25. The first-order chi connectivity index (χ1) is 9.72. The Labute approximate surface area is 129 Å². The first kappa shape index (κ1) is 15.1. The molecule has 1 N–H and O–H groups in total. The van der Waals surface area contributed by atoms with Crippen LogP contribution in [-0.2, 0) is 0 Å². The molecule has 2 rings (SSSR count). The van der Waals surface area contributed by atoms with Crippen molar-refractivity contribution < 1.29 is 0 Å². The van der Waals surface area contributed by atoms with E-state index in [1.54, 1.807) is 0 Å². The molecule has 0 radical (unpaired) electrons. The molecule has 2 aromatic rings. The maximum Gasteiger partial charge on any atom is 0.0363 e. The maximum atomic E-state index is 3.64. The lowest BCUT2D eigenvalue weighted by atomic mass is 10.0. The van der Waals surface area contributed by atoms with E-state index in [1.165, 1.54) is 15.7 Å². The normalized spacial score (nSPS) is 12.2. The van der Waals surface area contributed by atoms with E-state index in [4.69, 9.17) is 0 Å². The SMILES string of the molecule is CNC(CCN(C)c1ccccc1)c1ccccc1Br. The van der Waals surface area contributed by atoms with Crippen LogP contribution in [0.25, 0.3) is 0 Å². The summed E-state index contributed by atoms with van der Waals surface area (Å²) < 4.78 is 1.17. The van der Waals surface area contributed by atoms with Crippen molar-refractivity contribution in [3.8, 4) is 0 Å². The predicted octanol–water partition coefficient (Wildman–Crippen LogP) is 4.24. The minimum atomic E-state index is 0.358. The van der Waals surface area contributed by atoms with E-state index in [2.05, 4.69) is 87.8 Å². The summed E-state index contributed by atoms with van der Waals surface area (Å²) in [5, 5.41) is 3.41. The highest BCUT2D eigenvalue weighted by Crippen LogP contribution is 2.25. The monoisotopic (exact) mass is 332 g/mol. The number of benzene rings is 2. The number of hydrogen-bond acceptors (Lipinski definition) is 2. The summed E-state index contributed by atoms with van der Waals surface area (Å²) in [7, 11) is 4.16. The third-order valence-electron chi connectivity index (χ3n) is 3.58. The van der Waals surface area contributed by atoms with Gasteiger partial charge in [0.05, 0.1) is 0 Å². The zero-order valence-corrected chi connectivity index (χ0v) is 13.6. The Hall–Kier alpha value is -1.32. The minimum Gasteiger partial charge on any atom is -0.375 e. The van der Waals surface area contributed by atoms with Crippen LogP contribution in [0.3, 0.4) is 0 Å². The second-order valence-electron chi connectivity index (χ2n) is 4.91. The molecule has 0 heterocycles. The van der Waals surface area contributed by atoms with Crippen LogP contribution in [0.4, 0.5) is 5.69 Å². The fourth-order valence-corrected chi connectivity index (χ4v) is 2.91. The number of hydrogen-bond donors (Lipinski definition) is 1. The molecular formula is C17H21BrN2. The molecule has 1 atom stereocenters. The molecular weight excluding hydrogens is 312 g/mol. The number of nitrogens with one attached hydrogen (secondary N) is 1. The van der Waals surface area contributed by atoms with Crippen LogP contribution in [-0.4, -0.2) is 20.6 Å². The van der Waals surface area contributed by atoms with Crippen LogP contribution in [0.15, 0.2) is 59.1 Å². The van der Waals surface area contributed by atoms with Gasteiger partial charge < -0.3 is 10.2 Å². The number of anilines is 1. The van der Waals surface area contributed by atoms with Crippen LogP contribution in [0.5, 0.6) is 0 Å². The third kappa shape index (κ3) is 3.84. The molecule has 3 heteroatoms. The zero-order valence-electron chi connectivity index (χ0n) is 12.0. The molecule has 0 aromatic heterocycles. The molecule has 0 amide bonds. The minimum absolute atomic E-state index is 0.358. The molecule has 2 aromatic carbocycles. The van der Waals surface area contributed by atoms with E-state index in [0.29, 0.717) is 6.04 Å². The molecule has 1 unspecified atom stereocenters. The van der Waals surface area contributed by atoms with Crippen LogP contribution in [0.2, 0.25) is 0 Å². The summed E-state index contributed by atoms with van der Waals surface area (Å²) in [6.45, 7) is 1.01. The molecule has 0 saturated heterocycles. The average molecular weight is 333 g/mol. The molecule has 0 aliphatic rings. The van der Waals surface area contributed by atoms with E-state index >= 15 is 0 Å². The van der Waals surface area contributed by atoms with Gasteiger partial charge in [-0.05, 0) is 37.2 Å². The smallest absolute Gasteiger partial charge is 0.0363 e. The Kier molecular flexibility index (Phi) is 5.62. The molecule has 0 fully saturated rings. The molecule has 106 valence electrons. The topological polar surface area (TPSA) is 15.3 Å². The first-order valence-electron chi connectivity index (χ1n) is 6.90. The van der Waals surface area contributed by atoms with Crippen LogP contribution in [0, 0.1) is 0 Å². The van der Waals surface area contributed by atoms with Gasteiger partial charge in [-0.15, -0.1) is 0 Å². The summed E-state index contributed by atoms with van der Waals surface area (Å²) >= 11 is 3.64. The molecule has 0 saturated carbocycles. The van der Waals surface area contributed by atoms with Crippen molar-refractivity contribution in [3.05, 3.63) is 64.6 Å². The van der Waals surface area contributed by atoms with E-state index in [1.807, 2.05) is 7.05 Å². The second-order valence-corrected chi connectivity index (χ2v) is 5.76. The lowest BCUT2D eigenvalue weighted by Gasteiger charge is -2.24. The van der Waals surface area contributed by atoms with Crippen molar-refractivity contribution in [2.75, 3.05) is 25.5 Å². The standard InChI is InChI=1S/C17H21BrN2/c1-19-17(15-10-6-7-11-16(15)18)12-13-20(2)14-8-4-3-5-9-14/h3-11,17,19H,12-13H2,1-2H3. The maximum absolute atomic E-state index is 3.64. The predicted molar refractivity (Wildman–Crippen MR) is 90.3 cm³/mol. The van der Waals surface area contributed by atoms with Crippen LogP contribution >= 0.6 is 15.9 Å². The molecule has 20 heavy (non-hydrogen) atoms. The van der Waals surface area contributed by atoms with Crippen molar-refractivity contribution in [1.29, 1.82) is 0 Å². The molecule has 0 aliphatic heterocycles. The van der Waals surface area contributed by atoms with E-state index in [0.717, 1.165) is 13.0 Å². The van der Waals surface area contributed by atoms with Crippen molar-refractivity contribution in [1.82, 2.24) is 5.32 Å². The van der Waals surface area contributed by atoms with Gasteiger partial charge in [0.15, 0.2) is 0 Å². The van der Waals surface area contributed by atoms with Crippen molar-refractivity contribution >= 4 is 21.6 Å². The quantitative estimate of drug-likeness (QED) is 0.851. The summed E-state index contributed by atoms with van der Waals surface area (Å²) in [5.74, 6) is 0. The summed E-state index contributed by atoms with van der Waals surface area (Å²) in [5.41, 5.74) is 2.57. The van der Waals surface area contributed by atoms with Gasteiger partial charge in [-0.1, -0.05) is 52.3 Å². The van der Waals surface area contributed by atoms with Gasteiger partial charge in [0.1, 0.15) is 0 Å². The highest BCUT2D eigenvalue weighted by molar-refractivity contribution is 9.10. The average Bonchev–Trinajstić information content (AvgIpc) is 2.50. The molecule has 2 nitrogen and oxygen atoms in total. The van der Waals surface area contributed by atoms with Gasteiger partial charge in [0, 0.05) is 29.8 Å². The van der Waals surface area contributed by atoms with E-state index < -0.39 is 0 Å². The van der Waals surface area contributed by atoms with Crippen LogP contribution < -0.4 is 10.2 Å². The van der Waals surface area contributed by atoms with Gasteiger partial charge >= 0.3 is 0 Å². The first-order valence-corrected chi connectivity index (χ1v) is 7.69. The highest BCUT2D eigenvalue weighted by atomic mass is 79.9. The fourth-order valence-electron chi connectivity index (χ4n) is 2.35. The lowest BCUT2D eigenvalue weighted by molar-refractivity contribution is 0.547. The third-order valence-corrected chi connectivity index (χ3v) is 4.30. The number of nitrogens with zero attached hydrogens (tertiary/aromatic N) is 1. The second kappa shape index (κ2) is 7.46. The number of halogens is 1. The summed E-state index contributed by atoms with van der Waals surface area (Å²) in [4.78, 5) is 2.29. The Morgan fingerprint density at radius 2 is 1.70 bits per heavy atom. The summed E-state index contributed by atoms with van der Waals surface area (Å²) in [6.07, 6.45) is 1.06. The largest absolute Gasteiger partial charge is 0.375 e. The van der Waals surface area contributed by atoms with Crippen molar-refractivity contribution in [2.45, 2.75) is 12.5 Å². The zero-order chi connectivity index (χ0) is 14.4. The van der Waals surface area contributed by atoms with Crippen molar-refractivity contribution in [3.63, 3.8) is 0 Å². The highest BCUT2D eigenvalue weighted by Gasteiger charge is 2.13. The molecule has 0 aliphatic carbocycles. The number of para-hydroxylation sites is 1. The molecule has 0 bridgehead atoms. The Bertz CT molecular complexity index is 528. The van der Waals surface area contributed by atoms with Gasteiger partial charge in [-0.2, -0.15) is 0 Å². The Balaban J connectivity index is 2.00. The van der Waals surface area contributed by atoms with Gasteiger partial charge in [0.25, 0.3) is 0 Å². The molecule has 0 spiro atoms. The fraction of sp³-hybridized carbons (Fsp3) is 0.294. The van der Waals surface area contributed by atoms with Gasteiger partial charge in [-0.25, -0.2) is 0 Å². The van der Waals surface area contributed by atoms with E-state index in [-0.39, 0.29) is 0 Å². The van der Waals surface area contributed by atoms with Gasteiger partial charge in [0.2, 0.25) is 0 Å².